The maximum Gasteiger partial charge on any atom is 0.246 e. The summed E-state index contributed by atoms with van der Waals surface area (Å²) in [5, 5.41) is 7.53. The quantitative estimate of drug-likeness (QED) is 0.809. The van der Waals surface area contributed by atoms with Gasteiger partial charge in [0.1, 0.15) is 6.54 Å². The van der Waals surface area contributed by atoms with Crippen molar-refractivity contribution in [1.82, 2.24) is 9.78 Å². The number of hydrogen-bond acceptors (Lipinski definition) is 3. The second-order valence-corrected chi connectivity index (χ2v) is 5.48. The van der Waals surface area contributed by atoms with Gasteiger partial charge in [-0.05, 0) is 43.2 Å². The lowest BCUT2D eigenvalue weighted by molar-refractivity contribution is -0.116. The Kier molecular flexibility index (Phi) is 3.93. The van der Waals surface area contributed by atoms with Crippen LogP contribution in [0.5, 0.6) is 0 Å². The topological polar surface area (TPSA) is 64.0 Å². The molecular weight excluding hydrogens is 290 g/mol. The Hall–Kier alpha value is -2.95. The Morgan fingerprint density at radius 3 is 2.74 bits per heavy atom. The minimum absolute atomic E-state index is 0.0498. The van der Waals surface area contributed by atoms with Crippen molar-refractivity contribution in [2.75, 3.05) is 5.32 Å². The molecule has 23 heavy (non-hydrogen) atoms. The van der Waals surface area contributed by atoms with Crippen molar-refractivity contribution in [3.8, 4) is 0 Å². The van der Waals surface area contributed by atoms with Crippen LogP contribution in [0.15, 0.2) is 53.5 Å². The summed E-state index contributed by atoms with van der Waals surface area (Å²) >= 11 is 0. The standard InChI is InChI=1S/C18H17N3O2/c1-12-6-5-8-15(13(12)2)20-18(23)11-21-16-9-4-3-7-14(16)17(22)10-19-21/h3-10H,11H2,1-2H3,(H,20,23). The average molecular weight is 307 g/mol. The highest BCUT2D eigenvalue weighted by Gasteiger charge is 2.09. The molecule has 1 heterocycles. The SMILES string of the molecule is Cc1cccc(NC(=O)Cn2ncc(=O)c3ccccc32)c1C. The maximum absolute atomic E-state index is 12.3. The van der Waals surface area contributed by atoms with E-state index in [0.29, 0.717) is 10.9 Å². The monoisotopic (exact) mass is 307 g/mol. The number of nitrogens with one attached hydrogen (secondary N) is 1. The molecule has 3 aromatic rings. The van der Waals surface area contributed by atoms with Crippen LogP contribution in [0.3, 0.4) is 0 Å². The Morgan fingerprint density at radius 1 is 1.13 bits per heavy atom. The summed E-state index contributed by atoms with van der Waals surface area (Å²) in [5.41, 5.74) is 3.46. The van der Waals surface area contributed by atoms with E-state index in [9.17, 15) is 9.59 Å². The van der Waals surface area contributed by atoms with E-state index in [0.717, 1.165) is 16.8 Å². The lowest BCUT2D eigenvalue weighted by Gasteiger charge is -2.12. The van der Waals surface area contributed by atoms with Gasteiger partial charge in [-0.1, -0.05) is 24.3 Å². The van der Waals surface area contributed by atoms with Crippen molar-refractivity contribution < 1.29 is 4.79 Å². The van der Waals surface area contributed by atoms with Crippen LogP contribution in [-0.2, 0) is 11.3 Å². The highest BCUT2D eigenvalue weighted by molar-refractivity contribution is 5.92. The van der Waals surface area contributed by atoms with Crippen molar-refractivity contribution in [1.29, 1.82) is 0 Å². The molecule has 0 saturated carbocycles. The zero-order chi connectivity index (χ0) is 16.4. The predicted molar refractivity (Wildman–Crippen MR) is 90.5 cm³/mol. The summed E-state index contributed by atoms with van der Waals surface area (Å²) in [6.07, 6.45) is 1.24. The van der Waals surface area contributed by atoms with E-state index in [1.165, 1.54) is 10.9 Å². The number of anilines is 1. The van der Waals surface area contributed by atoms with Crippen molar-refractivity contribution >= 4 is 22.5 Å². The summed E-state index contributed by atoms with van der Waals surface area (Å²) in [4.78, 5) is 24.1. The molecule has 0 fully saturated rings. The van der Waals surface area contributed by atoms with E-state index in [2.05, 4.69) is 10.4 Å². The first-order valence-corrected chi connectivity index (χ1v) is 7.37. The van der Waals surface area contributed by atoms with E-state index in [4.69, 9.17) is 0 Å². The Morgan fingerprint density at radius 2 is 1.91 bits per heavy atom. The van der Waals surface area contributed by atoms with Crippen molar-refractivity contribution in [2.45, 2.75) is 20.4 Å². The van der Waals surface area contributed by atoms with Gasteiger partial charge in [0.05, 0.1) is 11.7 Å². The van der Waals surface area contributed by atoms with Crippen molar-refractivity contribution in [3.05, 3.63) is 70.0 Å². The summed E-state index contributed by atoms with van der Waals surface area (Å²) in [5.74, 6) is -0.181. The summed E-state index contributed by atoms with van der Waals surface area (Å²) in [7, 11) is 0. The third-order valence-electron chi connectivity index (χ3n) is 3.93. The third kappa shape index (κ3) is 2.99. The Labute approximate surface area is 133 Å². The van der Waals surface area contributed by atoms with Gasteiger partial charge in [-0.2, -0.15) is 5.10 Å². The van der Waals surface area contributed by atoms with Gasteiger partial charge in [-0.25, -0.2) is 0 Å². The van der Waals surface area contributed by atoms with Crippen LogP contribution >= 0.6 is 0 Å². The molecule has 0 radical (unpaired) electrons. The molecule has 5 heteroatoms. The zero-order valence-corrected chi connectivity index (χ0v) is 13.0. The molecule has 1 N–H and O–H groups in total. The van der Waals surface area contributed by atoms with Gasteiger partial charge in [0.2, 0.25) is 11.3 Å². The lowest BCUT2D eigenvalue weighted by Crippen LogP contribution is -2.22. The van der Waals surface area contributed by atoms with Gasteiger partial charge >= 0.3 is 0 Å². The second kappa shape index (κ2) is 6.04. The van der Waals surface area contributed by atoms with Gasteiger partial charge < -0.3 is 5.32 Å². The number of rotatable bonds is 3. The fourth-order valence-corrected chi connectivity index (χ4v) is 2.50. The number of hydrogen-bond donors (Lipinski definition) is 1. The molecule has 1 aromatic heterocycles. The van der Waals surface area contributed by atoms with Crippen molar-refractivity contribution in [2.24, 2.45) is 0 Å². The summed E-state index contributed by atoms with van der Waals surface area (Å²) in [6, 6.07) is 12.9. The lowest BCUT2D eigenvalue weighted by atomic mass is 10.1. The summed E-state index contributed by atoms with van der Waals surface area (Å²) in [6.45, 7) is 4.02. The van der Waals surface area contributed by atoms with Crippen LogP contribution < -0.4 is 10.7 Å². The first-order valence-electron chi connectivity index (χ1n) is 7.37. The van der Waals surface area contributed by atoms with Gasteiger partial charge in [0.25, 0.3) is 0 Å². The molecule has 0 unspecified atom stereocenters. The smallest absolute Gasteiger partial charge is 0.246 e. The number of aryl methyl sites for hydroxylation is 1. The molecule has 0 spiro atoms. The second-order valence-electron chi connectivity index (χ2n) is 5.48. The Bertz CT molecular complexity index is 944. The zero-order valence-electron chi connectivity index (χ0n) is 13.0. The summed E-state index contributed by atoms with van der Waals surface area (Å²) < 4.78 is 1.54. The molecule has 2 aromatic carbocycles. The van der Waals surface area contributed by atoms with Crippen LogP contribution in [0, 0.1) is 13.8 Å². The fourth-order valence-electron chi connectivity index (χ4n) is 2.50. The van der Waals surface area contributed by atoms with Crippen LogP contribution in [0.4, 0.5) is 5.69 Å². The van der Waals surface area contributed by atoms with Gasteiger partial charge in [0.15, 0.2) is 0 Å². The van der Waals surface area contributed by atoms with Crippen molar-refractivity contribution in [3.63, 3.8) is 0 Å². The number of fused-ring (bicyclic) bond motifs is 1. The van der Waals surface area contributed by atoms with E-state index < -0.39 is 0 Å². The predicted octanol–water partition coefficient (Wildman–Crippen LogP) is 2.65. The number of amides is 1. The normalized spacial score (nSPS) is 10.7. The number of carbonyl (C=O) groups is 1. The first-order chi connectivity index (χ1) is 11.1. The number of benzene rings is 2. The average Bonchev–Trinajstić information content (AvgIpc) is 2.55. The van der Waals surface area contributed by atoms with E-state index in [1.807, 2.05) is 38.1 Å². The third-order valence-corrected chi connectivity index (χ3v) is 3.93. The fraction of sp³-hybridized carbons (Fsp3) is 0.167. The largest absolute Gasteiger partial charge is 0.324 e. The molecule has 0 bridgehead atoms. The molecule has 0 aliphatic carbocycles. The number of para-hydroxylation sites is 1. The van der Waals surface area contributed by atoms with E-state index >= 15 is 0 Å². The number of aromatic nitrogens is 2. The Balaban J connectivity index is 1.88. The van der Waals surface area contributed by atoms with E-state index in [-0.39, 0.29) is 17.9 Å². The number of nitrogens with zero attached hydrogens (tertiary/aromatic N) is 2. The molecule has 0 aliphatic rings. The molecule has 116 valence electrons. The molecule has 1 amide bonds. The molecule has 0 atom stereocenters. The van der Waals surface area contributed by atoms with Gasteiger partial charge in [0, 0.05) is 11.1 Å². The molecule has 3 rings (SSSR count). The highest BCUT2D eigenvalue weighted by Crippen LogP contribution is 2.18. The van der Waals surface area contributed by atoms with Crippen LogP contribution in [-0.4, -0.2) is 15.7 Å². The maximum atomic E-state index is 12.3. The molecular formula is C18H17N3O2. The van der Waals surface area contributed by atoms with Gasteiger partial charge in [-0.15, -0.1) is 0 Å². The van der Waals surface area contributed by atoms with Crippen LogP contribution in [0.25, 0.3) is 10.9 Å². The molecule has 5 nitrogen and oxygen atoms in total. The van der Waals surface area contributed by atoms with E-state index in [1.54, 1.807) is 18.2 Å². The van der Waals surface area contributed by atoms with Gasteiger partial charge in [-0.3, -0.25) is 14.3 Å². The number of carbonyl (C=O) groups excluding carboxylic acids is 1. The minimum atomic E-state index is -0.181. The highest BCUT2D eigenvalue weighted by atomic mass is 16.2. The first kappa shape index (κ1) is 15.0. The van der Waals surface area contributed by atoms with Crippen LogP contribution in [0.2, 0.25) is 0 Å². The minimum Gasteiger partial charge on any atom is -0.324 e. The molecule has 0 aliphatic heterocycles. The van der Waals surface area contributed by atoms with Crippen LogP contribution in [0.1, 0.15) is 11.1 Å². The molecule has 0 saturated heterocycles.